The van der Waals surface area contributed by atoms with Crippen LogP contribution in [0.15, 0.2) is 48.7 Å². The van der Waals surface area contributed by atoms with Crippen LogP contribution in [0.5, 0.6) is 0 Å². The van der Waals surface area contributed by atoms with Gasteiger partial charge < -0.3 is 34.8 Å². The lowest BCUT2D eigenvalue weighted by atomic mass is 9.98. The molecule has 5 atom stereocenters. The number of para-hydroxylation sites is 1. The maximum Gasteiger partial charge on any atom is 0.163 e. The van der Waals surface area contributed by atoms with Crippen molar-refractivity contribution in [1.82, 2.24) is 4.57 Å². The van der Waals surface area contributed by atoms with E-state index in [0.717, 1.165) is 22.1 Å². The smallest absolute Gasteiger partial charge is 0.163 e. The number of benzene rings is 2. The van der Waals surface area contributed by atoms with Gasteiger partial charge in [0.15, 0.2) is 6.23 Å². The van der Waals surface area contributed by atoms with Crippen LogP contribution < -0.4 is 0 Å². The third-order valence-electron chi connectivity index (χ3n) is 5.85. The Morgan fingerprint density at radius 2 is 1.61 bits per heavy atom. The number of hydrogen-bond donors (Lipinski definition) is 5. The normalized spacial score (nSPS) is 26.5. The lowest BCUT2D eigenvalue weighted by molar-refractivity contribution is -0.250. The van der Waals surface area contributed by atoms with Gasteiger partial charge in [0, 0.05) is 18.2 Å². The van der Waals surface area contributed by atoms with E-state index >= 15 is 0 Å². The van der Waals surface area contributed by atoms with Gasteiger partial charge in [0.25, 0.3) is 0 Å². The standard InChI is InChI=1S/C23H26ClNO6/c24-17-3-1-2-16-15(10-14-6-4-13(5-7-14)8-9-26)11-25(19(16)17)23-22(30)21(29)20(28)18(12-27)31-23/h1-7,11,18,20-23,26-30H,8-10,12H2/t18-,20-,21+,22-,23-/m1/s1. The van der Waals surface area contributed by atoms with Crippen molar-refractivity contribution in [3.8, 4) is 0 Å². The fraction of sp³-hybridized carbons (Fsp3) is 0.391. The summed E-state index contributed by atoms with van der Waals surface area (Å²) < 4.78 is 7.42. The molecule has 0 aliphatic carbocycles. The van der Waals surface area contributed by atoms with E-state index in [1.54, 1.807) is 10.6 Å². The summed E-state index contributed by atoms with van der Waals surface area (Å²) in [6.07, 6.45) is -3.32. The molecule has 31 heavy (non-hydrogen) atoms. The molecule has 1 saturated heterocycles. The van der Waals surface area contributed by atoms with Crippen molar-refractivity contribution in [3.05, 3.63) is 70.4 Å². The SMILES string of the molecule is OCCc1ccc(Cc2cn([C@@H]3O[C@H](CO)[C@@H](O)[C@H](O)[C@H]3O)c3c(Cl)cccc23)cc1. The third kappa shape index (κ3) is 4.23. The highest BCUT2D eigenvalue weighted by Gasteiger charge is 2.44. The zero-order valence-corrected chi connectivity index (χ0v) is 17.6. The molecular formula is C23H26ClNO6. The summed E-state index contributed by atoms with van der Waals surface area (Å²) in [5.74, 6) is 0. The molecule has 5 N–H and O–H groups in total. The number of aliphatic hydroxyl groups is 5. The molecule has 0 saturated carbocycles. The first-order chi connectivity index (χ1) is 14.9. The van der Waals surface area contributed by atoms with Crippen molar-refractivity contribution in [2.24, 2.45) is 0 Å². The van der Waals surface area contributed by atoms with E-state index in [2.05, 4.69) is 0 Å². The minimum atomic E-state index is -1.47. The highest BCUT2D eigenvalue weighted by atomic mass is 35.5. The number of fused-ring (bicyclic) bond motifs is 1. The van der Waals surface area contributed by atoms with E-state index in [4.69, 9.17) is 21.4 Å². The molecule has 3 aromatic rings. The van der Waals surface area contributed by atoms with E-state index in [-0.39, 0.29) is 6.61 Å². The van der Waals surface area contributed by atoms with Crippen LogP contribution in [0.25, 0.3) is 10.9 Å². The molecule has 2 aromatic carbocycles. The van der Waals surface area contributed by atoms with E-state index in [1.807, 2.05) is 42.6 Å². The van der Waals surface area contributed by atoms with E-state index in [1.165, 1.54) is 0 Å². The first kappa shape index (κ1) is 22.2. The number of aromatic nitrogens is 1. The fourth-order valence-electron chi connectivity index (χ4n) is 4.17. The molecule has 166 valence electrons. The van der Waals surface area contributed by atoms with Crippen molar-refractivity contribution in [2.45, 2.75) is 43.5 Å². The first-order valence-electron chi connectivity index (χ1n) is 10.2. The number of nitrogens with zero attached hydrogens (tertiary/aromatic N) is 1. The maximum atomic E-state index is 10.6. The van der Waals surface area contributed by atoms with Crippen LogP contribution in [-0.2, 0) is 17.6 Å². The second kappa shape index (κ2) is 9.26. The molecule has 0 radical (unpaired) electrons. The van der Waals surface area contributed by atoms with Gasteiger partial charge in [-0.05, 0) is 35.6 Å². The lowest BCUT2D eigenvalue weighted by Gasteiger charge is -2.40. The summed E-state index contributed by atoms with van der Waals surface area (Å²) in [6.45, 7) is -0.397. The Balaban J connectivity index is 1.73. The molecule has 7 nitrogen and oxygen atoms in total. The number of ether oxygens (including phenoxy) is 1. The monoisotopic (exact) mass is 447 g/mol. The van der Waals surface area contributed by atoms with E-state index in [0.29, 0.717) is 23.4 Å². The predicted molar refractivity (Wildman–Crippen MR) is 116 cm³/mol. The summed E-state index contributed by atoms with van der Waals surface area (Å²) in [5.41, 5.74) is 3.71. The van der Waals surface area contributed by atoms with Crippen LogP contribution in [-0.4, -0.2) is 67.7 Å². The quantitative estimate of drug-likeness (QED) is 0.390. The van der Waals surface area contributed by atoms with Crippen LogP contribution in [0, 0.1) is 0 Å². The molecule has 0 bridgehead atoms. The summed E-state index contributed by atoms with van der Waals surface area (Å²) in [6, 6.07) is 13.5. The summed E-state index contributed by atoms with van der Waals surface area (Å²) in [4.78, 5) is 0. The first-order valence-corrected chi connectivity index (χ1v) is 10.6. The molecule has 8 heteroatoms. The van der Waals surface area contributed by atoms with Crippen LogP contribution in [0.3, 0.4) is 0 Å². The van der Waals surface area contributed by atoms with Crippen molar-refractivity contribution >= 4 is 22.5 Å². The molecule has 1 fully saturated rings. The zero-order valence-electron chi connectivity index (χ0n) is 16.8. The average molecular weight is 448 g/mol. The zero-order chi connectivity index (χ0) is 22.1. The minimum Gasteiger partial charge on any atom is -0.396 e. The molecule has 0 spiro atoms. The topological polar surface area (TPSA) is 115 Å². The van der Waals surface area contributed by atoms with Gasteiger partial charge >= 0.3 is 0 Å². The molecule has 1 aliphatic heterocycles. The summed E-state index contributed by atoms with van der Waals surface area (Å²) >= 11 is 6.49. The predicted octanol–water partition coefficient (Wildman–Crippen LogP) is 1.39. The third-order valence-corrected chi connectivity index (χ3v) is 6.15. The Bertz CT molecular complexity index is 1030. The van der Waals surface area contributed by atoms with Crippen molar-refractivity contribution in [1.29, 1.82) is 0 Å². The van der Waals surface area contributed by atoms with E-state index < -0.39 is 37.3 Å². The van der Waals surface area contributed by atoms with Crippen LogP contribution >= 0.6 is 11.6 Å². The molecule has 0 unspecified atom stereocenters. The number of rotatable bonds is 6. The Labute approximate surface area is 184 Å². The molecule has 2 heterocycles. The maximum absolute atomic E-state index is 10.6. The van der Waals surface area contributed by atoms with Gasteiger partial charge in [-0.25, -0.2) is 0 Å². The van der Waals surface area contributed by atoms with E-state index in [9.17, 15) is 20.4 Å². The average Bonchev–Trinajstić information content (AvgIpc) is 3.13. The van der Waals surface area contributed by atoms with Gasteiger partial charge in [-0.3, -0.25) is 0 Å². The van der Waals surface area contributed by atoms with Crippen LogP contribution in [0.4, 0.5) is 0 Å². The second-order valence-corrected chi connectivity index (χ2v) is 8.29. The van der Waals surface area contributed by atoms with Gasteiger partial charge in [0.2, 0.25) is 0 Å². The number of halogens is 1. The number of aliphatic hydroxyl groups excluding tert-OH is 5. The van der Waals surface area contributed by atoms with Gasteiger partial charge in [-0.2, -0.15) is 0 Å². The van der Waals surface area contributed by atoms with Crippen molar-refractivity contribution < 1.29 is 30.3 Å². The largest absolute Gasteiger partial charge is 0.396 e. The van der Waals surface area contributed by atoms with Crippen LogP contribution in [0.2, 0.25) is 5.02 Å². The second-order valence-electron chi connectivity index (χ2n) is 7.88. The molecule has 0 amide bonds. The highest BCUT2D eigenvalue weighted by molar-refractivity contribution is 6.35. The van der Waals surface area contributed by atoms with Gasteiger partial charge in [-0.1, -0.05) is 48.0 Å². The van der Waals surface area contributed by atoms with Crippen molar-refractivity contribution in [3.63, 3.8) is 0 Å². The summed E-state index contributed by atoms with van der Waals surface area (Å²) in [5, 5.41) is 50.9. The van der Waals surface area contributed by atoms with Crippen molar-refractivity contribution in [2.75, 3.05) is 13.2 Å². The molecule has 1 aromatic heterocycles. The Kier molecular flexibility index (Phi) is 6.64. The highest BCUT2D eigenvalue weighted by Crippen LogP contribution is 2.36. The fourth-order valence-corrected chi connectivity index (χ4v) is 4.44. The molecule has 1 aliphatic rings. The molecular weight excluding hydrogens is 422 g/mol. The number of hydrogen-bond acceptors (Lipinski definition) is 6. The van der Waals surface area contributed by atoms with Crippen LogP contribution in [0.1, 0.15) is 22.9 Å². The Morgan fingerprint density at radius 1 is 0.903 bits per heavy atom. The Morgan fingerprint density at radius 3 is 2.29 bits per heavy atom. The Hall–Kier alpha value is -1.97. The van der Waals surface area contributed by atoms with Gasteiger partial charge in [0.1, 0.15) is 24.4 Å². The van der Waals surface area contributed by atoms with Gasteiger partial charge in [-0.15, -0.1) is 0 Å². The summed E-state index contributed by atoms with van der Waals surface area (Å²) in [7, 11) is 0. The minimum absolute atomic E-state index is 0.102. The molecule has 4 rings (SSSR count). The van der Waals surface area contributed by atoms with Gasteiger partial charge in [0.05, 0.1) is 17.1 Å². The lowest BCUT2D eigenvalue weighted by Crippen LogP contribution is -2.56.